The number of aryl methyl sites for hydroxylation is 1. The molecular formula is C30H33NO. The van der Waals surface area contributed by atoms with Crippen LogP contribution in [0.15, 0.2) is 84.4 Å². The Morgan fingerprint density at radius 1 is 0.844 bits per heavy atom. The van der Waals surface area contributed by atoms with Crippen molar-refractivity contribution in [3.63, 3.8) is 0 Å². The van der Waals surface area contributed by atoms with Gasteiger partial charge in [-0.3, -0.25) is 4.90 Å². The minimum Gasteiger partial charge on any atom is -0.497 e. The minimum atomic E-state index is 0.645. The fraction of sp³-hybridized carbons (Fsp3) is 0.333. The number of methoxy groups -OCH3 is 1. The highest BCUT2D eigenvalue weighted by Gasteiger charge is 2.40. The third-order valence-electron chi connectivity index (χ3n) is 7.29. The van der Waals surface area contributed by atoms with E-state index in [1.54, 1.807) is 12.7 Å². The summed E-state index contributed by atoms with van der Waals surface area (Å²) in [5.41, 5.74) is 8.43. The fourth-order valence-corrected chi connectivity index (χ4v) is 5.67. The van der Waals surface area contributed by atoms with E-state index >= 15 is 0 Å². The molecule has 164 valence electrons. The van der Waals surface area contributed by atoms with Crippen molar-refractivity contribution in [3.8, 4) is 5.75 Å². The van der Waals surface area contributed by atoms with Crippen LogP contribution in [-0.4, -0.2) is 24.6 Å². The van der Waals surface area contributed by atoms with Gasteiger partial charge < -0.3 is 4.74 Å². The Morgan fingerprint density at radius 2 is 1.53 bits per heavy atom. The van der Waals surface area contributed by atoms with E-state index in [1.807, 2.05) is 0 Å². The van der Waals surface area contributed by atoms with Crippen molar-refractivity contribution in [1.29, 1.82) is 0 Å². The molecule has 5 rings (SSSR count). The predicted octanol–water partition coefficient (Wildman–Crippen LogP) is 6.88. The van der Waals surface area contributed by atoms with E-state index in [0.717, 1.165) is 18.8 Å². The normalized spacial score (nSPS) is 22.4. The molecule has 2 heteroatoms. The summed E-state index contributed by atoms with van der Waals surface area (Å²) in [5.74, 6) is 1.56. The molecule has 2 atom stereocenters. The van der Waals surface area contributed by atoms with Gasteiger partial charge in [0.05, 0.1) is 7.11 Å². The minimum absolute atomic E-state index is 0.645. The Bertz CT molecular complexity index is 1070. The molecule has 0 amide bonds. The number of hydrogen-bond acceptors (Lipinski definition) is 2. The lowest BCUT2D eigenvalue weighted by Gasteiger charge is -2.31. The number of fused-ring (bicyclic) bond motifs is 1. The number of hydrogen-bond donors (Lipinski definition) is 0. The summed E-state index contributed by atoms with van der Waals surface area (Å²) in [7, 11) is 1.73. The zero-order valence-electron chi connectivity index (χ0n) is 19.3. The van der Waals surface area contributed by atoms with Crippen LogP contribution in [0, 0.1) is 12.8 Å². The summed E-state index contributed by atoms with van der Waals surface area (Å²) >= 11 is 0. The van der Waals surface area contributed by atoms with Crippen molar-refractivity contribution < 1.29 is 4.74 Å². The van der Waals surface area contributed by atoms with Crippen molar-refractivity contribution in [2.75, 3.05) is 13.7 Å². The summed E-state index contributed by atoms with van der Waals surface area (Å²) in [6, 6.07) is 29.4. The number of likely N-dealkylation sites (tertiary alicyclic amines) is 1. The number of nitrogens with zero attached hydrogens (tertiary/aromatic N) is 1. The van der Waals surface area contributed by atoms with E-state index in [9.17, 15) is 0 Å². The van der Waals surface area contributed by atoms with Gasteiger partial charge in [0, 0.05) is 19.1 Å². The summed E-state index contributed by atoms with van der Waals surface area (Å²) in [6.07, 6.45) is 5.30. The van der Waals surface area contributed by atoms with Gasteiger partial charge in [0.2, 0.25) is 0 Å². The molecule has 1 saturated carbocycles. The van der Waals surface area contributed by atoms with Gasteiger partial charge in [-0.05, 0) is 65.7 Å². The second-order valence-electron chi connectivity index (χ2n) is 9.34. The summed E-state index contributed by atoms with van der Waals surface area (Å²) < 4.78 is 5.43. The average Bonchev–Trinajstić information content (AvgIpc) is 3.20. The third-order valence-corrected chi connectivity index (χ3v) is 7.29. The molecule has 0 radical (unpaired) electrons. The van der Waals surface area contributed by atoms with Crippen LogP contribution >= 0.6 is 0 Å². The summed E-state index contributed by atoms with van der Waals surface area (Å²) in [4.78, 5) is 2.75. The van der Waals surface area contributed by atoms with Crippen LogP contribution in [0.3, 0.4) is 0 Å². The first-order valence-electron chi connectivity index (χ1n) is 12.0. The highest BCUT2D eigenvalue weighted by molar-refractivity contribution is 5.83. The van der Waals surface area contributed by atoms with Crippen LogP contribution in [0.1, 0.15) is 47.9 Å². The molecule has 32 heavy (non-hydrogen) atoms. The lowest BCUT2D eigenvalue weighted by molar-refractivity contribution is 0.177. The van der Waals surface area contributed by atoms with Gasteiger partial charge in [0.15, 0.2) is 0 Å². The quantitative estimate of drug-likeness (QED) is 0.443. The molecule has 1 heterocycles. The second-order valence-corrected chi connectivity index (χ2v) is 9.34. The first-order chi connectivity index (χ1) is 15.7. The van der Waals surface area contributed by atoms with Gasteiger partial charge in [-0.2, -0.15) is 0 Å². The number of ether oxygens (including phenoxy) is 1. The Labute approximate surface area is 192 Å². The number of benzene rings is 3. The monoisotopic (exact) mass is 423 g/mol. The maximum Gasteiger partial charge on any atom is 0.118 e. The molecule has 3 aromatic rings. The van der Waals surface area contributed by atoms with Gasteiger partial charge in [-0.15, -0.1) is 0 Å². The van der Waals surface area contributed by atoms with Gasteiger partial charge in [0.1, 0.15) is 5.75 Å². The topological polar surface area (TPSA) is 12.5 Å². The van der Waals surface area contributed by atoms with Crippen LogP contribution in [0.25, 0.3) is 5.57 Å². The molecule has 0 N–H and O–H groups in total. The zero-order chi connectivity index (χ0) is 21.9. The standard InChI is InChI=1S/C30H33NO/c1-22-12-14-23(15-13-22)20-31-21-28(27-10-6-7-11-29(27)31)30(24-8-4-3-5-9-24)25-16-18-26(32-2)19-17-25/h3-5,8-9,12-19,27,29H,6-7,10-11,20-21H2,1-2H3/b30-28+/t27-,29-/m0/s1. The van der Waals surface area contributed by atoms with Gasteiger partial charge in [0.25, 0.3) is 0 Å². The van der Waals surface area contributed by atoms with Gasteiger partial charge in [-0.1, -0.05) is 85.1 Å². The maximum atomic E-state index is 5.43. The van der Waals surface area contributed by atoms with E-state index in [1.165, 1.54) is 53.5 Å². The zero-order valence-corrected chi connectivity index (χ0v) is 19.3. The Morgan fingerprint density at radius 3 is 2.25 bits per heavy atom. The lowest BCUT2D eigenvalue weighted by atomic mass is 9.79. The second kappa shape index (κ2) is 9.34. The number of rotatable bonds is 5. The molecular weight excluding hydrogens is 390 g/mol. The largest absolute Gasteiger partial charge is 0.497 e. The molecule has 0 bridgehead atoms. The SMILES string of the molecule is COc1ccc(/C(=C2\CN(Cc3ccc(C)cc3)[C@H]3CCCC[C@@H]23)c2ccccc2)cc1. The molecule has 0 spiro atoms. The predicted molar refractivity (Wildman–Crippen MR) is 133 cm³/mol. The van der Waals surface area contributed by atoms with E-state index in [2.05, 4.69) is 90.7 Å². The smallest absolute Gasteiger partial charge is 0.118 e. The van der Waals surface area contributed by atoms with Crippen molar-refractivity contribution in [3.05, 3.63) is 107 Å². The van der Waals surface area contributed by atoms with E-state index in [4.69, 9.17) is 4.74 Å². The van der Waals surface area contributed by atoms with Crippen LogP contribution in [0.5, 0.6) is 5.75 Å². The molecule has 2 nitrogen and oxygen atoms in total. The molecule has 0 aromatic heterocycles. The van der Waals surface area contributed by atoms with E-state index in [-0.39, 0.29) is 0 Å². The van der Waals surface area contributed by atoms with Crippen molar-refractivity contribution >= 4 is 5.57 Å². The van der Waals surface area contributed by atoms with Crippen molar-refractivity contribution in [1.82, 2.24) is 4.90 Å². The van der Waals surface area contributed by atoms with E-state index in [0.29, 0.717) is 12.0 Å². The molecule has 1 aliphatic heterocycles. The molecule has 1 saturated heterocycles. The lowest BCUT2D eigenvalue weighted by Crippen LogP contribution is -2.34. The van der Waals surface area contributed by atoms with Gasteiger partial charge in [-0.25, -0.2) is 0 Å². The molecule has 0 unspecified atom stereocenters. The Kier molecular flexibility index (Phi) is 6.14. The van der Waals surface area contributed by atoms with Crippen molar-refractivity contribution in [2.45, 2.75) is 45.2 Å². The molecule has 2 aliphatic rings. The molecule has 2 fully saturated rings. The fourth-order valence-electron chi connectivity index (χ4n) is 5.67. The Balaban J connectivity index is 1.57. The van der Waals surface area contributed by atoms with Crippen LogP contribution in [0.2, 0.25) is 0 Å². The first-order valence-corrected chi connectivity index (χ1v) is 12.0. The molecule has 3 aromatic carbocycles. The van der Waals surface area contributed by atoms with Gasteiger partial charge >= 0.3 is 0 Å². The highest BCUT2D eigenvalue weighted by atomic mass is 16.5. The summed E-state index contributed by atoms with van der Waals surface area (Å²) in [6.45, 7) is 4.26. The van der Waals surface area contributed by atoms with Crippen LogP contribution in [-0.2, 0) is 6.54 Å². The van der Waals surface area contributed by atoms with Crippen molar-refractivity contribution in [2.24, 2.45) is 5.92 Å². The summed E-state index contributed by atoms with van der Waals surface area (Å²) in [5, 5.41) is 0. The van der Waals surface area contributed by atoms with Crippen LogP contribution in [0.4, 0.5) is 0 Å². The first kappa shape index (κ1) is 21.0. The van der Waals surface area contributed by atoms with Crippen LogP contribution < -0.4 is 4.74 Å². The van der Waals surface area contributed by atoms with E-state index < -0.39 is 0 Å². The maximum absolute atomic E-state index is 5.43. The average molecular weight is 424 g/mol. The molecule has 1 aliphatic carbocycles. The highest BCUT2D eigenvalue weighted by Crippen LogP contribution is 2.45. The third kappa shape index (κ3) is 4.25. The Hall–Kier alpha value is -2.84.